The van der Waals surface area contributed by atoms with Gasteiger partial charge in [-0.05, 0) is 36.4 Å². The van der Waals surface area contributed by atoms with Crippen LogP contribution in [0.2, 0.25) is 0 Å². The number of amides is 1. The summed E-state index contributed by atoms with van der Waals surface area (Å²) in [5, 5.41) is 20.8. The molecule has 0 aliphatic carbocycles. The normalized spacial score (nSPS) is 10.6. The van der Waals surface area contributed by atoms with E-state index in [2.05, 4.69) is 5.32 Å². The number of anilines is 1. The predicted octanol–water partition coefficient (Wildman–Crippen LogP) is 2.34. The van der Waals surface area contributed by atoms with Crippen molar-refractivity contribution in [3.8, 4) is 5.75 Å². The van der Waals surface area contributed by atoms with Gasteiger partial charge in [-0.3, -0.25) is 4.79 Å². The lowest BCUT2D eigenvalue weighted by Crippen LogP contribution is -2.09. The number of rotatable bonds is 4. The molecule has 1 aromatic carbocycles. The van der Waals surface area contributed by atoms with Gasteiger partial charge in [-0.1, -0.05) is 0 Å². The largest absolute Gasteiger partial charge is 0.506 e. The predicted molar refractivity (Wildman–Crippen MR) is 71.4 cm³/mol. The number of furan rings is 1. The van der Waals surface area contributed by atoms with Crippen LogP contribution in [0.4, 0.5) is 5.69 Å². The second-order valence-electron chi connectivity index (χ2n) is 3.88. The van der Waals surface area contributed by atoms with E-state index >= 15 is 0 Å². The number of aromatic hydroxyl groups is 1. The molecule has 0 saturated heterocycles. The third kappa shape index (κ3) is 3.26. The average molecular weight is 273 g/mol. The van der Waals surface area contributed by atoms with Gasteiger partial charge in [-0.25, -0.2) is 4.79 Å². The van der Waals surface area contributed by atoms with E-state index in [4.69, 9.17) is 9.52 Å². The molecular formula is C14H11NO5. The second kappa shape index (κ2) is 5.75. The number of carbonyl (C=O) groups is 2. The lowest BCUT2D eigenvalue weighted by molar-refractivity contribution is -0.111. The first-order valence-electron chi connectivity index (χ1n) is 5.65. The van der Waals surface area contributed by atoms with Crippen molar-refractivity contribution in [1.82, 2.24) is 0 Å². The molecule has 0 radical (unpaired) electrons. The first kappa shape index (κ1) is 13.4. The summed E-state index contributed by atoms with van der Waals surface area (Å²) in [6.45, 7) is 0. The van der Waals surface area contributed by atoms with Gasteiger partial charge in [-0.15, -0.1) is 0 Å². The second-order valence-corrected chi connectivity index (χ2v) is 3.88. The number of nitrogens with one attached hydrogen (secondary N) is 1. The molecule has 0 atom stereocenters. The fraction of sp³-hybridized carbons (Fsp3) is 0. The van der Waals surface area contributed by atoms with Gasteiger partial charge in [0.05, 0.1) is 17.5 Å². The molecule has 1 heterocycles. The number of carboxylic acid groups (broad SMARTS) is 1. The van der Waals surface area contributed by atoms with Gasteiger partial charge < -0.3 is 19.9 Å². The van der Waals surface area contributed by atoms with E-state index in [1.165, 1.54) is 36.6 Å². The highest BCUT2D eigenvalue weighted by molar-refractivity contribution is 6.03. The first-order valence-corrected chi connectivity index (χ1v) is 5.65. The smallest absolute Gasteiger partial charge is 0.335 e. The van der Waals surface area contributed by atoms with Crippen LogP contribution < -0.4 is 5.32 Å². The third-order valence-electron chi connectivity index (χ3n) is 2.44. The number of phenolic OH excluding ortho intramolecular Hbond substituents is 1. The Morgan fingerprint density at radius 2 is 2.05 bits per heavy atom. The number of carboxylic acids is 1. The minimum atomic E-state index is -1.15. The van der Waals surface area contributed by atoms with Gasteiger partial charge in [0.25, 0.3) is 0 Å². The Bertz CT molecular complexity index is 658. The summed E-state index contributed by atoms with van der Waals surface area (Å²) in [6, 6.07) is 6.98. The van der Waals surface area contributed by atoms with Crippen molar-refractivity contribution in [2.24, 2.45) is 0 Å². The molecule has 0 spiro atoms. The summed E-state index contributed by atoms with van der Waals surface area (Å²) in [4.78, 5) is 22.5. The van der Waals surface area contributed by atoms with Gasteiger partial charge in [0.15, 0.2) is 0 Å². The van der Waals surface area contributed by atoms with Crippen LogP contribution >= 0.6 is 0 Å². The standard InChI is InChI=1S/C14H11NO5/c16-12-5-3-9(14(18)19)8-11(12)15-13(17)6-4-10-2-1-7-20-10/h1-8,16H,(H,15,17)(H,18,19)/b6-4+. The number of hydrogen-bond acceptors (Lipinski definition) is 4. The molecular weight excluding hydrogens is 262 g/mol. The zero-order valence-electron chi connectivity index (χ0n) is 10.2. The zero-order chi connectivity index (χ0) is 14.5. The lowest BCUT2D eigenvalue weighted by Gasteiger charge is -2.06. The van der Waals surface area contributed by atoms with E-state index in [0.29, 0.717) is 5.76 Å². The van der Waals surface area contributed by atoms with Crippen molar-refractivity contribution in [3.05, 3.63) is 54.0 Å². The highest BCUT2D eigenvalue weighted by Gasteiger charge is 2.09. The molecule has 0 unspecified atom stereocenters. The maximum absolute atomic E-state index is 11.6. The van der Waals surface area contributed by atoms with Crippen LogP contribution in [0.5, 0.6) is 5.75 Å². The van der Waals surface area contributed by atoms with E-state index in [-0.39, 0.29) is 17.0 Å². The SMILES string of the molecule is O=C(/C=C/c1ccco1)Nc1cc(C(=O)O)ccc1O. The molecule has 2 aromatic rings. The van der Waals surface area contributed by atoms with Gasteiger partial charge in [0.1, 0.15) is 11.5 Å². The minimum Gasteiger partial charge on any atom is -0.506 e. The molecule has 0 saturated carbocycles. The quantitative estimate of drug-likeness (QED) is 0.586. The van der Waals surface area contributed by atoms with Crippen molar-refractivity contribution in [2.45, 2.75) is 0 Å². The molecule has 2 rings (SSSR count). The van der Waals surface area contributed by atoms with Crippen molar-refractivity contribution in [2.75, 3.05) is 5.32 Å². The minimum absolute atomic E-state index is 0.0268. The topological polar surface area (TPSA) is 99.8 Å². The Morgan fingerprint density at radius 1 is 1.25 bits per heavy atom. The van der Waals surface area contributed by atoms with Crippen molar-refractivity contribution < 1.29 is 24.2 Å². The fourth-order valence-electron chi connectivity index (χ4n) is 1.49. The van der Waals surface area contributed by atoms with E-state index in [0.717, 1.165) is 0 Å². The van der Waals surface area contributed by atoms with E-state index in [1.54, 1.807) is 12.1 Å². The number of benzene rings is 1. The van der Waals surface area contributed by atoms with Gasteiger partial charge in [0.2, 0.25) is 5.91 Å². The molecule has 6 heteroatoms. The maximum atomic E-state index is 11.6. The van der Waals surface area contributed by atoms with Gasteiger partial charge in [0, 0.05) is 6.08 Å². The van der Waals surface area contributed by atoms with Crippen LogP contribution in [0.3, 0.4) is 0 Å². The van der Waals surface area contributed by atoms with Gasteiger partial charge >= 0.3 is 5.97 Å². The maximum Gasteiger partial charge on any atom is 0.335 e. The third-order valence-corrected chi connectivity index (χ3v) is 2.44. The zero-order valence-corrected chi connectivity index (χ0v) is 10.2. The monoisotopic (exact) mass is 273 g/mol. The summed E-state index contributed by atoms with van der Waals surface area (Å²) >= 11 is 0. The Morgan fingerprint density at radius 3 is 2.70 bits per heavy atom. The molecule has 102 valence electrons. The Balaban J connectivity index is 2.11. The van der Waals surface area contributed by atoms with E-state index < -0.39 is 11.9 Å². The Labute approximate surface area is 114 Å². The van der Waals surface area contributed by atoms with Crippen molar-refractivity contribution in [3.63, 3.8) is 0 Å². The van der Waals surface area contributed by atoms with Crippen LogP contribution in [0, 0.1) is 0 Å². The highest BCUT2D eigenvalue weighted by atomic mass is 16.4. The van der Waals surface area contributed by atoms with Crippen molar-refractivity contribution in [1.29, 1.82) is 0 Å². The number of aromatic carboxylic acids is 1. The molecule has 0 fully saturated rings. The molecule has 1 amide bonds. The number of hydrogen-bond donors (Lipinski definition) is 3. The van der Waals surface area contributed by atoms with E-state index in [1.807, 2.05) is 0 Å². The van der Waals surface area contributed by atoms with E-state index in [9.17, 15) is 14.7 Å². The van der Waals surface area contributed by atoms with Crippen molar-refractivity contribution >= 4 is 23.6 Å². The molecule has 20 heavy (non-hydrogen) atoms. The number of phenols is 1. The summed E-state index contributed by atoms with van der Waals surface area (Å²) in [5.41, 5.74) is -0.00731. The molecule has 1 aromatic heterocycles. The first-order chi connectivity index (χ1) is 9.56. The number of carbonyl (C=O) groups excluding carboxylic acids is 1. The molecule has 0 bridgehead atoms. The van der Waals surface area contributed by atoms with Crippen LogP contribution in [0.25, 0.3) is 6.08 Å². The van der Waals surface area contributed by atoms with Crippen LogP contribution in [0.1, 0.15) is 16.1 Å². The van der Waals surface area contributed by atoms with Crippen LogP contribution in [0.15, 0.2) is 47.1 Å². The average Bonchev–Trinajstić information content (AvgIpc) is 2.92. The summed E-state index contributed by atoms with van der Waals surface area (Å²) in [5.74, 6) is -1.37. The van der Waals surface area contributed by atoms with Crippen LogP contribution in [-0.2, 0) is 4.79 Å². The lowest BCUT2D eigenvalue weighted by atomic mass is 10.2. The summed E-state index contributed by atoms with van der Waals surface area (Å²) in [6.07, 6.45) is 4.14. The van der Waals surface area contributed by atoms with Crippen LogP contribution in [-0.4, -0.2) is 22.1 Å². The Hall–Kier alpha value is -3.02. The molecule has 3 N–H and O–H groups in total. The highest BCUT2D eigenvalue weighted by Crippen LogP contribution is 2.24. The summed E-state index contributed by atoms with van der Waals surface area (Å²) < 4.78 is 5.01. The Kier molecular flexibility index (Phi) is 3.85. The molecule has 6 nitrogen and oxygen atoms in total. The molecule has 0 aliphatic heterocycles. The fourth-order valence-corrected chi connectivity index (χ4v) is 1.49. The summed E-state index contributed by atoms with van der Waals surface area (Å²) in [7, 11) is 0. The van der Waals surface area contributed by atoms with Gasteiger partial charge in [-0.2, -0.15) is 0 Å². The molecule has 0 aliphatic rings.